The molecule has 2 atom stereocenters. The number of likely N-dealkylation sites (N-methyl/N-ethyl adjacent to an activating group) is 2. The Labute approximate surface area is 564 Å². The van der Waals surface area contributed by atoms with E-state index in [0.717, 1.165) is 37.4 Å². The number of rotatable bonds is 26. The van der Waals surface area contributed by atoms with E-state index < -0.39 is 27.6 Å². The molecule has 2 aliphatic rings. The van der Waals surface area contributed by atoms with Crippen molar-refractivity contribution in [3.8, 4) is 23.6 Å². The normalized spacial score (nSPS) is 14.0. The number of esters is 1. The van der Waals surface area contributed by atoms with E-state index in [1.807, 2.05) is 55.3 Å². The van der Waals surface area contributed by atoms with Crippen LogP contribution in [-0.4, -0.2) is 130 Å². The second kappa shape index (κ2) is 47.1. The van der Waals surface area contributed by atoms with Crippen LogP contribution in [0.4, 0.5) is 11.4 Å². The number of nitro benzene ring substituents is 2. The number of carboxylic acids is 1. The standard InChI is InChI=1S/C24H31N3O6S2.C16H18ClN3O4.C8H14O2S2.CH2O3.CH4.2K.H/c1-4-26(10-11-33-23(28)8-6-5-7-20-9-12-34-35-20)24(29)19(16-25)13-18-14-21(27(30)31)17(2)22(15-18)32-3;1-4-19(6-5-17)16(21)13(10-18)7-12-8-14(20(22)23)11(2)15(9-12)24-3;9-8(10)4-2-1-3-7-5-6-11-12-7;2-1-4-3;;;;/h13-15,20H,4-12H2,1-3H3;7-9H,4-6H2,1-3H3;7H,1-6H2,(H,9,10);1,3H;1H4;;;/q;;;;;2*+1;-1/p-1/b19-13+;13-7+;;;;;;. The predicted octanol–water partition coefficient (Wildman–Crippen LogP) is 3.81. The Morgan fingerprint density at radius 3 is 1.51 bits per heavy atom. The van der Waals surface area contributed by atoms with E-state index in [0.29, 0.717) is 65.7 Å². The van der Waals surface area contributed by atoms with Crippen LogP contribution in [0.15, 0.2) is 35.4 Å². The number of aliphatic carboxylic acids is 1. The third-order valence-corrected chi connectivity index (χ3v) is 17.2. The first-order valence-electron chi connectivity index (χ1n) is 23.6. The first-order valence-corrected chi connectivity index (χ1v) is 28.9. The van der Waals surface area contributed by atoms with Crippen molar-refractivity contribution in [3.63, 3.8) is 0 Å². The minimum atomic E-state index is -0.663. The molecule has 2 aliphatic heterocycles. The van der Waals surface area contributed by atoms with Crippen molar-refractivity contribution in [2.24, 2.45) is 0 Å². The van der Waals surface area contributed by atoms with Gasteiger partial charge in [0.2, 0.25) is 0 Å². The molecule has 2 saturated heterocycles. The second-order valence-electron chi connectivity index (χ2n) is 16.0. The number of nitrogens with zero attached hydrogens (tertiary/aromatic N) is 6. The van der Waals surface area contributed by atoms with Crippen LogP contribution < -0.4 is 118 Å². The minimum absolute atomic E-state index is 0. The number of benzene rings is 2. The van der Waals surface area contributed by atoms with Gasteiger partial charge in [0.25, 0.3) is 29.7 Å². The molecular formula is C50H69ClK2N6O15S4. The topological polar surface area (TPSA) is 306 Å². The molecule has 2 aromatic carbocycles. The molecule has 28 heteroatoms. The number of halogens is 1. The Bertz CT molecular complexity index is 2380. The molecule has 2 unspecified atom stereocenters. The van der Waals surface area contributed by atoms with Gasteiger partial charge in [-0.25, -0.2) is 0 Å². The molecule has 1 N–H and O–H groups in total. The number of hydrogen-bond donors (Lipinski definition) is 1. The molecule has 78 heavy (non-hydrogen) atoms. The van der Waals surface area contributed by atoms with Crippen LogP contribution in [-0.2, 0) is 33.6 Å². The summed E-state index contributed by atoms with van der Waals surface area (Å²) in [7, 11) is 10.5. The molecule has 0 radical (unpaired) electrons. The number of ether oxygens (including phenoxy) is 3. The fourth-order valence-electron chi connectivity index (χ4n) is 6.98. The SMILES string of the molecule is C.CCN(CCCl)C(=O)/C(C#N)=C/c1cc(OC)c(C)c([N+](=O)[O-])c1.CCN(CCOC(=O)CCCCC1CCSS1)C(=O)/C(C#N)=C/c1cc(OC)c(C)c([N+](=O)[O-])c1.O=C(O)CCCCC1CCSS1.O=CO[O-].[H-].[K+].[K+]. The molecule has 422 valence electrons. The van der Waals surface area contributed by atoms with Crippen molar-refractivity contribution in [2.75, 3.05) is 64.4 Å². The summed E-state index contributed by atoms with van der Waals surface area (Å²) >= 11 is 5.65. The van der Waals surface area contributed by atoms with E-state index in [9.17, 15) is 49.9 Å². The van der Waals surface area contributed by atoms with Crippen LogP contribution in [0.1, 0.15) is 109 Å². The van der Waals surface area contributed by atoms with Crippen molar-refractivity contribution in [2.45, 2.75) is 110 Å². The molecule has 2 heterocycles. The minimum Gasteiger partial charge on any atom is -1.00 e. The third-order valence-electron chi connectivity index (χ3n) is 11.0. The maximum absolute atomic E-state index is 12.9. The zero-order valence-corrected chi connectivity index (χ0v) is 55.0. The van der Waals surface area contributed by atoms with Crippen LogP contribution in [0.25, 0.3) is 12.2 Å². The second-order valence-corrected chi connectivity index (χ2v) is 22.0. The van der Waals surface area contributed by atoms with Gasteiger partial charge >= 0.3 is 115 Å². The van der Waals surface area contributed by atoms with Crippen LogP contribution in [0.3, 0.4) is 0 Å². The molecule has 4 rings (SSSR count). The molecule has 0 spiro atoms. The van der Waals surface area contributed by atoms with Gasteiger partial charge in [0, 0.05) is 72.5 Å². The largest absolute Gasteiger partial charge is 1.00 e. The van der Waals surface area contributed by atoms with Crippen LogP contribution >= 0.6 is 54.8 Å². The monoisotopic (exact) mass is 1230 g/mol. The number of amides is 2. The van der Waals surface area contributed by atoms with Crippen molar-refractivity contribution in [1.29, 1.82) is 10.5 Å². The number of carbonyl (C=O) groups is 5. The first-order chi connectivity index (χ1) is 35.9. The fraction of sp³-hybridized carbons (Fsp3) is 0.540. The summed E-state index contributed by atoms with van der Waals surface area (Å²) < 4.78 is 15.6. The van der Waals surface area contributed by atoms with Crippen molar-refractivity contribution in [1.82, 2.24) is 9.80 Å². The van der Waals surface area contributed by atoms with E-state index >= 15 is 0 Å². The first kappa shape index (κ1) is 79.8. The Morgan fingerprint density at radius 2 is 1.19 bits per heavy atom. The quantitative estimate of drug-likeness (QED) is 0.0120. The number of methoxy groups -OCH3 is 2. The third kappa shape index (κ3) is 31.1. The molecule has 2 amide bonds. The number of alkyl halides is 1. The number of nitro groups is 2. The molecular weight excluding hydrogens is 1170 g/mol. The summed E-state index contributed by atoms with van der Waals surface area (Å²) in [5.41, 5.74) is 0.772. The van der Waals surface area contributed by atoms with Crippen molar-refractivity contribution in [3.05, 3.63) is 77.9 Å². The van der Waals surface area contributed by atoms with E-state index in [1.54, 1.807) is 33.8 Å². The van der Waals surface area contributed by atoms with Crippen LogP contribution in [0, 0.1) is 56.7 Å². The van der Waals surface area contributed by atoms with E-state index in [1.165, 1.54) is 85.1 Å². The molecule has 0 aliphatic carbocycles. The average Bonchev–Trinajstić information content (AvgIpc) is 4.14. The van der Waals surface area contributed by atoms with Crippen LogP contribution in [0.2, 0.25) is 0 Å². The average molecular weight is 1240 g/mol. The molecule has 0 bridgehead atoms. The number of nitriles is 2. The number of carboxylic acid groups (broad SMARTS) is 1. The molecule has 2 fully saturated rings. The summed E-state index contributed by atoms with van der Waals surface area (Å²) in [6.07, 6.45) is 11.8. The van der Waals surface area contributed by atoms with Gasteiger partial charge in [-0.2, -0.15) is 10.5 Å². The van der Waals surface area contributed by atoms with Gasteiger partial charge < -0.3 is 40.7 Å². The van der Waals surface area contributed by atoms with Crippen molar-refractivity contribution < 1.29 is 167 Å². The Hall–Kier alpha value is -2.43. The molecule has 21 nitrogen and oxygen atoms in total. The molecule has 0 saturated carbocycles. The summed E-state index contributed by atoms with van der Waals surface area (Å²) in [4.78, 5) is 82.9. The van der Waals surface area contributed by atoms with Gasteiger partial charge in [-0.05, 0) is 102 Å². The zero-order valence-electron chi connectivity index (χ0n) is 45.8. The maximum Gasteiger partial charge on any atom is 1.00 e. The Balaban J connectivity index is -0.000000553. The van der Waals surface area contributed by atoms with Gasteiger partial charge in [-0.3, -0.25) is 44.2 Å². The smallest absolute Gasteiger partial charge is 1.00 e. The van der Waals surface area contributed by atoms with Gasteiger partial charge in [0.1, 0.15) is 41.4 Å². The number of hydrogen-bond acceptors (Lipinski definition) is 20. The summed E-state index contributed by atoms with van der Waals surface area (Å²) in [6, 6.07) is 9.40. The van der Waals surface area contributed by atoms with E-state index in [-0.39, 0.29) is 171 Å². The zero-order chi connectivity index (χ0) is 56.3. The number of unbranched alkanes of at least 4 members (excludes halogenated alkanes) is 2. The van der Waals surface area contributed by atoms with Gasteiger partial charge in [0.15, 0.2) is 0 Å². The van der Waals surface area contributed by atoms with E-state index in [2.05, 4.69) is 4.89 Å². The van der Waals surface area contributed by atoms with Gasteiger partial charge in [-0.1, -0.05) is 63.4 Å². The fourth-order valence-corrected chi connectivity index (χ4v) is 13.2. The van der Waals surface area contributed by atoms with Gasteiger partial charge in [0.05, 0.1) is 41.7 Å². The Kier molecular flexibility index (Phi) is 48.2. The Morgan fingerprint density at radius 1 is 0.782 bits per heavy atom. The summed E-state index contributed by atoms with van der Waals surface area (Å²) in [5.74, 6) is 1.36. The van der Waals surface area contributed by atoms with Gasteiger partial charge in [-0.15, -0.1) is 11.6 Å². The summed E-state index contributed by atoms with van der Waals surface area (Å²) in [5, 5.41) is 59.6. The molecule has 0 aromatic heterocycles. The van der Waals surface area contributed by atoms with Crippen LogP contribution in [0.5, 0.6) is 11.5 Å². The predicted molar refractivity (Wildman–Crippen MR) is 299 cm³/mol. The maximum atomic E-state index is 12.9. The van der Waals surface area contributed by atoms with E-state index in [4.69, 9.17) is 41.0 Å². The van der Waals surface area contributed by atoms with Crippen molar-refractivity contribution >= 4 is 109 Å². The number of carbonyl (C=O) groups excluding carboxylic acids is 4. The molecule has 2 aromatic rings. The summed E-state index contributed by atoms with van der Waals surface area (Å²) in [6.45, 7) is 7.70.